The molecule has 10 unspecified atom stereocenters. The molecule has 51 heavy (non-hydrogen) atoms. The topological polar surface area (TPSA) is 119 Å². The van der Waals surface area contributed by atoms with Gasteiger partial charge in [0.25, 0.3) is 0 Å². The SMILES string of the molecule is CNC(=O)CCC(C)C1CCC2C3C(OC(C)=O)CC4CC5(CCC4(C)C3CC(OC(C)=O)C12C)OOC1(CCC(c2ccccc2)CC1)OO5. The van der Waals surface area contributed by atoms with Crippen LogP contribution < -0.4 is 5.32 Å². The normalized spacial score (nSPS) is 43.7. The zero-order chi connectivity index (χ0) is 36.2. The predicted molar refractivity (Wildman–Crippen MR) is 187 cm³/mol. The zero-order valence-corrected chi connectivity index (χ0v) is 31.4. The van der Waals surface area contributed by atoms with Crippen molar-refractivity contribution >= 4 is 17.8 Å². The molecule has 10 nitrogen and oxygen atoms in total. The number of fused-ring (bicyclic) bond motifs is 5. The lowest BCUT2D eigenvalue weighted by Gasteiger charge is -2.65. The second-order valence-electron chi connectivity index (χ2n) is 17.5. The van der Waals surface area contributed by atoms with Gasteiger partial charge in [-0.2, -0.15) is 19.6 Å². The maximum atomic E-state index is 12.7. The summed E-state index contributed by atoms with van der Waals surface area (Å²) < 4.78 is 12.6. The Hall–Kier alpha value is -2.53. The molecule has 5 saturated carbocycles. The molecule has 1 N–H and O–H groups in total. The molecular formula is C41H59NO9. The minimum Gasteiger partial charge on any atom is -0.462 e. The molecule has 6 fully saturated rings. The number of hydrogen-bond donors (Lipinski definition) is 1. The molecule has 5 aliphatic carbocycles. The standard InChI is InChI=1S/C41H59NO9/c1-25(12-15-36(45)42-6)31-13-14-32-37-33(23-35(39(31,32)5)47-27(3)44)38(4)20-21-41(24-30(38)22-34(37)46-26(2)43)50-48-40(49-51-41)18-16-29(17-19-40)28-10-8-7-9-11-28/h7-11,25,29-35,37H,12-24H2,1-6H3,(H,42,45). The molecule has 10 atom stereocenters. The van der Waals surface area contributed by atoms with Crippen molar-refractivity contribution in [3.8, 4) is 0 Å². The largest absolute Gasteiger partial charge is 0.462 e. The van der Waals surface area contributed by atoms with Crippen LogP contribution in [0.15, 0.2) is 30.3 Å². The van der Waals surface area contributed by atoms with Gasteiger partial charge in [-0.15, -0.1) is 0 Å². The van der Waals surface area contributed by atoms with E-state index in [1.165, 1.54) is 19.4 Å². The summed E-state index contributed by atoms with van der Waals surface area (Å²) in [5.74, 6) is -0.772. The van der Waals surface area contributed by atoms with Crippen LogP contribution in [-0.2, 0) is 43.4 Å². The Morgan fingerprint density at radius 2 is 1.51 bits per heavy atom. The summed E-state index contributed by atoms with van der Waals surface area (Å²) in [6.07, 6.45) is 9.34. The molecule has 0 aromatic heterocycles. The fourth-order valence-corrected chi connectivity index (χ4v) is 12.2. The number of hydrogen-bond acceptors (Lipinski definition) is 9. The smallest absolute Gasteiger partial charge is 0.302 e. The fraction of sp³-hybridized carbons (Fsp3) is 0.780. The highest BCUT2D eigenvalue weighted by Gasteiger charge is 2.69. The van der Waals surface area contributed by atoms with Gasteiger partial charge >= 0.3 is 11.9 Å². The highest BCUT2D eigenvalue weighted by Crippen LogP contribution is 2.70. The maximum Gasteiger partial charge on any atom is 0.302 e. The van der Waals surface area contributed by atoms with Gasteiger partial charge in [0.2, 0.25) is 17.5 Å². The quantitative estimate of drug-likeness (QED) is 0.226. The second kappa shape index (κ2) is 14.0. The Bertz CT molecular complexity index is 1430. The van der Waals surface area contributed by atoms with Crippen molar-refractivity contribution in [2.45, 2.75) is 148 Å². The van der Waals surface area contributed by atoms with Gasteiger partial charge in [0.05, 0.1) is 0 Å². The van der Waals surface area contributed by atoms with E-state index in [0.29, 0.717) is 50.9 Å². The molecule has 0 radical (unpaired) electrons. The summed E-state index contributed by atoms with van der Waals surface area (Å²) >= 11 is 0. The van der Waals surface area contributed by atoms with Crippen molar-refractivity contribution in [1.82, 2.24) is 5.32 Å². The Balaban J connectivity index is 1.10. The molecule has 282 valence electrons. The van der Waals surface area contributed by atoms with Crippen molar-refractivity contribution < 1.29 is 43.4 Å². The number of benzene rings is 1. The monoisotopic (exact) mass is 709 g/mol. The molecule has 2 spiro atoms. The minimum absolute atomic E-state index is 0.0466. The van der Waals surface area contributed by atoms with E-state index in [1.807, 2.05) is 6.07 Å². The molecule has 1 amide bonds. The number of esters is 2. The first-order chi connectivity index (χ1) is 24.3. The minimum atomic E-state index is -1.03. The molecule has 6 aliphatic rings. The third-order valence-corrected chi connectivity index (χ3v) is 14.9. The molecule has 1 aliphatic heterocycles. The summed E-state index contributed by atoms with van der Waals surface area (Å²) in [4.78, 5) is 62.6. The Morgan fingerprint density at radius 1 is 0.843 bits per heavy atom. The van der Waals surface area contributed by atoms with Crippen LogP contribution in [-0.4, -0.2) is 48.7 Å². The zero-order valence-electron chi connectivity index (χ0n) is 31.4. The first kappa shape index (κ1) is 36.8. The summed E-state index contributed by atoms with van der Waals surface area (Å²) in [5.41, 5.74) is 0.927. The van der Waals surface area contributed by atoms with Gasteiger partial charge in [-0.1, -0.05) is 51.1 Å². The third kappa shape index (κ3) is 6.65. The number of ether oxygens (including phenoxy) is 2. The lowest BCUT2D eigenvalue weighted by molar-refractivity contribution is -0.665. The van der Waals surface area contributed by atoms with Crippen LogP contribution in [0.25, 0.3) is 0 Å². The van der Waals surface area contributed by atoms with Crippen LogP contribution in [0, 0.1) is 46.3 Å². The molecule has 1 saturated heterocycles. The number of nitrogens with one attached hydrogen (secondary N) is 1. The number of rotatable bonds is 7. The lowest BCUT2D eigenvalue weighted by Crippen LogP contribution is -2.65. The summed E-state index contributed by atoms with van der Waals surface area (Å²) in [7, 11) is 1.68. The predicted octanol–water partition coefficient (Wildman–Crippen LogP) is 7.55. The lowest BCUT2D eigenvalue weighted by atomic mass is 9.42. The fourth-order valence-electron chi connectivity index (χ4n) is 12.2. The molecule has 0 bridgehead atoms. The first-order valence-electron chi connectivity index (χ1n) is 19.6. The van der Waals surface area contributed by atoms with Gasteiger partial charge in [-0.05, 0) is 97.9 Å². The van der Waals surface area contributed by atoms with E-state index < -0.39 is 11.6 Å². The van der Waals surface area contributed by atoms with E-state index in [2.05, 4.69) is 50.4 Å². The van der Waals surface area contributed by atoms with Crippen LogP contribution in [0.2, 0.25) is 0 Å². The molecule has 10 heteroatoms. The molecule has 1 heterocycles. The number of carbonyl (C=O) groups is 3. The van der Waals surface area contributed by atoms with Crippen molar-refractivity contribution in [1.29, 1.82) is 0 Å². The van der Waals surface area contributed by atoms with Crippen LogP contribution in [0.5, 0.6) is 0 Å². The van der Waals surface area contributed by atoms with E-state index >= 15 is 0 Å². The van der Waals surface area contributed by atoms with Gasteiger partial charge in [-0.25, -0.2) is 0 Å². The van der Waals surface area contributed by atoms with E-state index in [0.717, 1.165) is 38.5 Å². The van der Waals surface area contributed by atoms with Crippen molar-refractivity contribution in [3.05, 3.63) is 35.9 Å². The van der Waals surface area contributed by atoms with E-state index in [-0.39, 0.29) is 76.4 Å². The molecule has 7 rings (SSSR count). The Morgan fingerprint density at radius 3 is 2.16 bits per heavy atom. The van der Waals surface area contributed by atoms with Crippen LogP contribution in [0.3, 0.4) is 0 Å². The van der Waals surface area contributed by atoms with E-state index in [9.17, 15) is 14.4 Å². The van der Waals surface area contributed by atoms with Crippen LogP contribution >= 0.6 is 0 Å². The van der Waals surface area contributed by atoms with Crippen LogP contribution in [0.1, 0.15) is 130 Å². The average molecular weight is 710 g/mol. The number of carbonyl (C=O) groups excluding carboxylic acids is 3. The summed E-state index contributed by atoms with van der Waals surface area (Å²) in [5, 5.41) is 2.76. The van der Waals surface area contributed by atoms with Gasteiger partial charge in [-0.3, -0.25) is 14.4 Å². The van der Waals surface area contributed by atoms with Crippen molar-refractivity contribution in [2.75, 3.05) is 7.05 Å². The van der Waals surface area contributed by atoms with Gasteiger partial charge in [0, 0.05) is 64.3 Å². The van der Waals surface area contributed by atoms with Gasteiger partial charge in [0.1, 0.15) is 12.2 Å². The van der Waals surface area contributed by atoms with Crippen molar-refractivity contribution in [2.24, 2.45) is 46.3 Å². The Labute approximate surface area is 303 Å². The van der Waals surface area contributed by atoms with Crippen molar-refractivity contribution in [3.63, 3.8) is 0 Å². The van der Waals surface area contributed by atoms with E-state index in [4.69, 9.17) is 29.0 Å². The van der Waals surface area contributed by atoms with Gasteiger partial charge in [0.15, 0.2) is 0 Å². The highest BCUT2D eigenvalue weighted by molar-refractivity contribution is 5.75. The molecular weight excluding hydrogens is 650 g/mol. The number of amides is 1. The third-order valence-electron chi connectivity index (χ3n) is 14.9. The Kier molecular flexibility index (Phi) is 10.1. The van der Waals surface area contributed by atoms with Crippen LogP contribution in [0.4, 0.5) is 0 Å². The van der Waals surface area contributed by atoms with Gasteiger partial charge < -0.3 is 14.8 Å². The maximum absolute atomic E-state index is 12.7. The summed E-state index contributed by atoms with van der Waals surface area (Å²) in [6, 6.07) is 10.6. The first-order valence-corrected chi connectivity index (χ1v) is 19.6. The van der Waals surface area contributed by atoms with E-state index in [1.54, 1.807) is 7.05 Å². The highest BCUT2D eigenvalue weighted by atomic mass is 17.4. The average Bonchev–Trinajstić information content (AvgIpc) is 3.48. The molecule has 1 aromatic carbocycles. The second-order valence-corrected chi connectivity index (χ2v) is 17.5. The molecule has 1 aromatic rings. The summed E-state index contributed by atoms with van der Waals surface area (Å²) in [6.45, 7) is 9.96.